The van der Waals surface area contributed by atoms with E-state index in [-0.39, 0.29) is 0 Å². The smallest absolute Gasteiger partial charge is 0.333 e. The van der Waals surface area contributed by atoms with Crippen molar-refractivity contribution < 1.29 is 23.9 Å². The Balaban J connectivity index is 1.40. The van der Waals surface area contributed by atoms with E-state index >= 15 is 0 Å². The maximum atomic E-state index is 12.9. The summed E-state index contributed by atoms with van der Waals surface area (Å²) in [5.74, 6) is -0.994. The number of nitrogens with zero attached hydrogens (tertiary/aromatic N) is 1. The zero-order valence-electron chi connectivity index (χ0n) is 18.9. The van der Waals surface area contributed by atoms with Crippen LogP contribution >= 0.6 is 11.3 Å². The van der Waals surface area contributed by atoms with Crippen molar-refractivity contribution in [3.8, 4) is 5.75 Å². The van der Waals surface area contributed by atoms with Crippen LogP contribution in [-0.2, 0) is 14.3 Å². The summed E-state index contributed by atoms with van der Waals surface area (Å²) in [6.45, 7) is 1.93. The van der Waals surface area contributed by atoms with Gasteiger partial charge >= 0.3 is 5.97 Å². The van der Waals surface area contributed by atoms with Gasteiger partial charge in [0.1, 0.15) is 5.75 Å². The van der Waals surface area contributed by atoms with Crippen molar-refractivity contribution in [3.05, 3.63) is 90.0 Å². The summed E-state index contributed by atoms with van der Waals surface area (Å²) in [4.78, 5) is 42.3. The fourth-order valence-corrected chi connectivity index (χ4v) is 4.23. The van der Waals surface area contributed by atoms with E-state index in [2.05, 4.69) is 15.6 Å². The van der Waals surface area contributed by atoms with E-state index in [0.29, 0.717) is 22.9 Å². The van der Waals surface area contributed by atoms with Crippen LogP contribution in [0.15, 0.2) is 78.9 Å². The zero-order valence-corrected chi connectivity index (χ0v) is 19.7. The third kappa shape index (κ3) is 6.21. The van der Waals surface area contributed by atoms with E-state index in [9.17, 15) is 14.4 Å². The molecule has 1 aromatic heterocycles. The first-order valence-corrected chi connectivity index (χ1v) is 11.8. The van der Waals surface area contributed by atoms with Crippen LogP contribution in [0.3, 0.4) is 0 Å². The highest BCUT2D eigenvalue weighted by Gasteiger charge is 2.25. The van der Waals surface area contributed by atoms with Crippen molar-refractivity contribution in [2.75, 3.05) is 18.5 Å². The molecule has 8 nitrogen and oxygen atoms in total. The van der Waals surface area contributed by atoms with Crippen LogP contribution in [0.2, 0.25) is 0 Å². The summed E-state index contributed by atoms with van der Waals surface area (Å²) in [6.07, 6.45) is 0. The maximum Gasteiger partial charge on any atom is 0.333 e. The maximum absolute atomic E-state index is 12.9. The van der Waals surface area contributed by atoms with Gasteiger partial charge in [0.05, 0.1) is 16.8 Å². The zero-order chi connectivity index (χ0) is 24.6. The summed E-state index contributed by atoms with van der Waals surface area (Å²) in [6, 6.07) is 21.7. The Bertz CT molecular complexity index is 1320. The molecule has 0 radical (unpaired) electrons. The van der Waals surface area contributed by atoms with Crippen LogP contribution in [0.25, 0.3) is 10.2 Å². The van der Waals surface area contributed by atoms with Gasteiger partial charge in [-0.05, 0) is 42.8 Å². The second-order valence-corrected chi connectivity index (χ2v) is 8.45. The summed E-state index contributed by atoms with van der Waals surface area (Å²) in [7, 11) is 0. The van der Waals surface area contributed by atoms with Crippen molar-refractivity contribution in [3.63, 3.8) is 0 Å². The number of benzene rings is 3. The van der Waals surface area contributed by atoms with E-state index in [1.54, 1.807) is 60.7 Å². The number of aromatic nitrogens is 1. The van der Waals surface area contributed by atoms with Gasteiger partial charge in [-0.3, -0.25) is 14.9 Å². The number of esters is 1. The van der Waals surface area contributed by atoms with Crippen LogP contribution in [0, 0.1) is 0 Å². The number of amides is 2. The van der Waals surface area contributed by atoms with E-state index in [1.807, 2.05) is 25.1 Å². The molecule has 0 spiro atoms. The second kappa shape index (κ2) is 11.3. The molecule has 2 N–H and O–H groups in total. The molecule has 0 saturated carbocycles. The van der Waals surface area contributed by atoms with Gasteiger partial charge in [-0.1, -0.05) is 59.9 Å². The van der Waals surface area contributed by atoms with Crippen molar-refractivity contribution in [2.45, 2.75) is 13.0 Å². The number of ether oxygens (including phenoxy) is 2. The van der Waals surface area contributed by atoms with E-state index in [4.69, 9.17) is 9.47 Å². The fraction of sp³-hybridized carbons (Fsp3) is 0.154. The number of hydrogen-bond donors (Lipinski definition) is 2. The molecular formula is C26H23N3O5S. The van der Waals surface area contributed by atoms with Gasteiger partial charge in [0.15, 0.2) is 17.8 Å². The third-order valence-electron chi connectivity index (χ3n) is 4.94. The lowest BCUT2D eigenvalue weighted by Crippen LogP contribution is -2.36. The molecule has 4 aromatic rings. The molecule has 35 heavy (non-hydrogen) atoms. The summed E-state index contributed by atoms with van der Waals surface area (Å²) in [5, 5.41) is 5.72. The lowest BCUT2D eigenvalue weighted by molar-refractivity contribution is -0.149. The van der Waals surface area contributed by atoms with E-state index in [1.165, 1.54) is 11.3 Å². The summed E-state index contributed by atoms with van der Waals surface area (Å²) in [5.41, 5.74) is 1.67. The van der Waals surface area contributed by atoms with Gasteiger partial charge in [0.2, 0.25) is 0 Å². The Labute approximate surface area is 205 Å². The molecule has 178 valence electrons. The number of hydrogen-bond acceptors (Lipinski definition) is 7. The monoisotopic (exact) mass is 489 g/mol. The predicted molar refractivity (Wildman–Crippen MR) is 133 cm³/mol. The minimum atomic E-state index is -1.07. The van der Waals surface area contributed by atoms with Crippen molar-refractivity contribution >= 4 is 44.5 Å². The lowest BCUT2D eigenvalue weighted by Gasteiger charge is -2.18. The molecule has 4 rings (SSSR count). The SMILES string of the molecule is CCOc1ccc2nc(NC(=O)COC(=O)C(NC(=O)c3ccccc3)c3ccccc3)sc2c1. The first kappa shape index (κ1) is 23.9. The first-order chi connectivity index (χ1) is 17.0. The minimum absolute atomic E-state index is 0.381. The molecular weight excluding hydrogens is 466 g/mol. The molecule has 1 unspecified atom stereocenters. The Morgan fingerprint density at radius 3 is 2.40 bits per heavy atom. The number of thiazole rings is 1. The van der Waals surface area contributed by atoms with Gasteiger partial charge in [0, 0.05) is 5.56 Å². The molecule has 2 amide bonds. The Morgan fingerprint density at radius 1 is 0.971 bits per heavy atom. The van der Waals surface area contributed by atoms with Gasteiger partial charge in [0.25, 0.3) is 11.8 Å². The Kier molecular flexibility index (Phi) is 7.69. The van der Waals surface area contributed by atoms with Gasteiger partial charge in [-0.2, -0.15) is 0 Å². The van der Waals surface area contributed by atoms with Crippen molar-refractivity contribution in [2.24, 2.45) is 0 Å². The Hall–Kier alpha value is -4.24. The van der Waals surface area contributed by atoms with Crippen LogP contribution in [0.4, 0.5) is 5.13 Å². The van der Waals surface area contributed by atoms with Crippen LogP contribution in [0.5, 0.6) is 5.75 Å². The third-order valence-corrected chi connectivity index (χ3v) is 5.88. The van der Waals surface area contributed by atoms with Crippen molar-refractivity contribution in [1.29, 1.82) is 0 Å². The molecule has 9 heteroatoms. The molecule has 0 aliphatic carbocycles. The number of nitrogens with one attached hydrogen (secondary N) is 2. The minimum Gasteiger partial charge on any atom is -0.494 e. The highest BCUT2D eigenvalue weighted by atomic mass is 32.1. The topological polar surface area (TPSA) is 107 Å². The van der Waals surface area contributed by atoms with Crippen LogP contribution < -0.4 is 15.4 Å². The Morgan fingerprint density at radius 2 is 1.69 bits per heavy atom. The van der Waals surface area contributed by atoms with Gasteiger partial charge in [-0.15, -0.1) is 0 Å². The molecule has 0 aliphatic rings. The fourth-order valence-electron chi connectivity index (χ4n) is 3.32. The highest BCUT2D eigenvalue weighted by Crippen LogP contribution is 2.29. The average molecular weight is 490 g/mol. The number of carbonyl (C=O) groups excluding carboxylic acids is 3. The van der Waals surface area contributed by atoms with E-state index in [0.717, 1.165) is 16.0 Å². The van der Waals surface area contributed by atoms with Gasteiger partial charge in [-0.25, -0.2) is 9.78 Å². The average Bonchev–Trinajstić information content (AvgIpc) is 3.28. The molecule has 3 aromatic carbocycles. The van der Waals surface area contributed by atoms with Crippen LogP contribution in [-0.4, -0.2) is 36.0 Å². The summed E-state index contributed by atoms with van der Waals surface area (Å²) >= 11 is 1.29. The normalized spacial score (nSPS) is 11.5. The lowest BCUT2D eigenvalue weighted by atomic mass is 10.1. The number of carbonyl (C=O) groups is 3. The summed E-state index contributed by atoms with van der Waals surface area (Å²) < 4.78 is 11.6. The standard InChI is InChI=1S/C26H23N3O5S/c1-2-33-19-13-14-20-21(15-19)35-26(27-20)28-22(30)16-34-25(32)23(17-9-5-3-6-10-17)29-24(31)18-11-7-4-8-12-18/h3-15,23H,2,16H2,1H3,(H,29,31)(H,27,28,30). The van der Waals surface area contributed by atoms with Crippen LogP contribution in [0.1, 0.15) is 28.9 Å². The molecule has 0 aliphatic heterocycles. The molecule has 0 bridgehead atoms. The molecule has 0 fully saturated rings. The number of fused-ring (bicyclic) bond motifs is 1. The number of anilines is 1. The molecule has 1 heterocycles. The highest BCUT2D eigenvalue weighted by molar-refractivity contribution is 7.22. The van der Waals surface area contributed by atoms with E-state index < -0.39 is 30.4 Å². The molecule has 1 atom stereocenters. The molecule has 0 saturated heterocycles. The van der Waals surface area contributed by atoms with Crippen molar-refractivity contribution in [1.82, 2.24) is 10.3 Å². The van der Waals surface area contributed by atoms with Gasteiger partial charge < -0.3 is 14.8 Å². The quantitative estimate of drug-likeness (QED) is 0.339. The number of rotatable bonds is 9. The second-order valence-electron chi connectivity index (χ2n) is 7.42. The predicted octanol–water partition coefficient (Wildman–Crippen LogP) is 4.35. The largest absolute Gasteiger partial charge is 0.494 e. The first-order valence-electron chi connectivity index (χ1n) is 10.9.